The maximum atomic E-state index is 12.9. The van der Waals surface area contributed by atoms with Crippen molar-refractivity contribution in [2.75, 3.05) is 39.8 Å². The first kappa shape index (κ1) is 57.5. The highest BCUT2D eigenvalue weighted by molar-refractivity contribution is 7.80. The van der Waals surface area contributed by atoms with Crippen molar-refractivity contribution in [3.63, 3.8) is 0 Å². The van der Waals surface area contributed by atoms with Crippen molar-refractivity contribution in [3.8, 4) is 0 Å². The number of rotatable bonds is 46. The highest BCUT2D eigenvalue weighted by atomic mass is 32.1. The summed E-state index contributed by atoms with van der Waals surface area (Å²) in [6.07, 6.45) is 40.3. The van der Waals surface area contributed by atoms with Gasteiger partial charge in [-0.05, 0) is 102 Å². The summed E-state index contributed by atoms with van der Waals surface area (Å²) in [6.45, 7) is 10.7. The van der Waals surface area contributed by atoms with E-state index in [4.69, 9.17) is 21.7 Å². The van der Waals surface area contributed by atoms with Crippen molar-refractivity contribution in [1.29, 1.82) is 0 Å². The first-order valence-corrected chi connectivity index (χ1v) is 26.0. The predicted molar refractivity (Wildman–Crippen MR) is 256 cm³/mol. The van der Waals surface area contributed by atoms with E-state index in [2.05, 4.69) is 36.3 Å². The number of unbranched alkanes of at least 4 members (excludes halogenated alkanes) is 25. The molecule has 0 fully saturated rings. The van der Waals surface area contributed by atoms with Crippen LogP contribution in [0.2, 0.25) is 0 Å². The van der Waals surface area contributed by atoms with Gasteiger partial charge in [0.25, 0.3) is 0 Å². The van der Waals surface area contributed by atoms with Gasteiger partial charge in [-0.3, -0.25) is 9.59 Å². The van der Waals surface area contributed by atoms with Gasteiger partial charge in [0.1, 0.15) is 6.10 Å². The Labute approximate surface area is 371 Å². The second-order valence-electron chi connectivity index (χ2n) is 17.6. The molecule has 9 heteroatoms. The van der Waals surface area contributed by atoms with Crippen LogP contribution in [-0.2, 0) is 19.1 Å². The molecule has 0 aliphatic heterocycles. The van der Waals surface area contributed by atoms with E-state index in [-0.39, 0.29) is 24.1 Å². The molecule has 0 aromatic heterocycles. The minimum absolute atomic E-state index is 0.000263. The molecular weight excluding hydrogens is 755 g/mol. The molecule has 0 heterocycles. The SMILES string of the molecule is CCCCCCCCCCCOC(=O)CCCCCN(CCCCCCCC(=O)OC(CCCCCCCC)CCCCCCCC)CC(O)CCCCNC(=S)NC. The van der Waals surface area contributed by atoms with Gasteiger partial charge in [-0.1, -0.05) is 162 Å². The number of hydrogen-bond acceptors (Lipinski definition) is 7. The van der Waals surface area contributed by atoms with Gasteiger partial charge in [0.05, 0.1) is 12.7 Å². The first-order chi connectivity index (χ1) is 28.9. The molecule has 0 aromatic rings. The second-order valence-corrected chi connectivity index (χ2v) is 18.0. The number of nitrogens with one attached hydrogen (secondary N) is 2. The molecule has 0 rings (SSSR count). The minimum atomic E-state index is -0.348. The van der Waals surface area contributed by atoms with Gasteiger partial charge in [0, 0.05) is 33.0 Å². The highest BCUT2D eigenvalue weighted by Crippen LogP contribution is 2.19. The van der Waals surface area contributed by atoms with Crippen molar-refractivity contribution in [3.05, 3.63) is 0 Å². The number of hydrogen-bond donors (Lipinski definition) is 3. The van der Waals surface area contributed by atoms with E-state index >= 15 is 0 Å². The molecule has 350 valence electrons. The lowest BCUT2D eigenvalue weighted by atomic mass is 10.0. The lowest BCUT2D eigenvalue weighted by Gasteiger charge is -2.25. The minimum Gasteiger partial charge on any atom is -0.466 e. The molecule has 0 saturated heterocycles. The van der Waals surface area contributed by atoms with E-state index < -0.39 is 0 Å². The zero-order chi connectivity index (χ0) is 43.3. The average molecular weight is 854 g/mol. The van der Waals surface area contributed by atoms with E-state index in [1.54, 1.807) is 0 Å². The van der Waals surface area contributed by atoms with Crippen LogP contribution < -0.4 is 10.6 Å². The van der Waals surface area contributed by atoms with Gasteiger partial charge in [-0.2, -0.15) is 0 Å². The molecule has 59 heavy (non-hydrogen) atoms. The molecule has 1 atom stereocenters. The number of carbonyl (C=O) groups excluding carboxylic acids is 2. The zero-order valence-electron chi connectivity index (χ0n) is 39.6. The molecule has 0 saturated carbocycles. The Morgan fingerprint density at radius 1 is 0.542 bits per heavy atom. The highest BCUT2D eigenvalue weighted by Gasteiger charge is 2.15. The molecule has 3 N–H and O–H groups in total. The van der Waals surface area contributed by atoms with E-state index in [0.29, 0.717) is 31.1 Å². The smallest absolute Gasteiger partial charge is 0.306 e. The Balaban J connectivity index is 4.52. The summed E-state index contributed by atoms with van der Waals surface area (Å²) >= 11 is 5.16. The third-order valence-electron chi connectivity index (χ3n) is 11.7. The summed E-state index contributed by atoms with van der Waals surface area (Å²) < 4.78 is 11.6. The Bertz CT molecular complexity index is 909. The predicted octanol–water partition coefficient (Wildman–Crippen LogP) is 13.3. The van der Waals surface area contributed by atoms with Crippen LogP contribution in [-0.4, -0.2) is 79.1 Å². The van der Waals surface area contributed by atoms with Crippen molar-refractivity contribution in [2.45, 2.75) is 264 Å². The molecule has 1 unspecified atom stereocenters. The third kappa shape index (κ3) is 43.0. The summed E-state index contributed by atoms with van der Waals surface area (Å²) in [5, 5.41) is 17.7. The monoisotopic (exact) mass is 854 g/mol. The Kier molecular flexibility index (Phi) is 44.9. The number of aliphatic hydroxyl groups is 1. The molecule has 0 amide bonds. The van der Waals surface area contributed by atoms with Crippen LogP contribution in [0.4, 0.5) is 0 Å². The summed E-state index contributed by atoms with van der Waals surface area (Å²) in [7, 11) is 1.82. The number of nitrogens with zero attached hydrogens (tertiary/aromatic N) is 1. The third-order valence-corrected chi connectivity index (χ3v) is 12.1. The van der Waals surface area contributed by atoms with Gasteiger partial charge in [0.2, 0.25) is 0 Å². The van der Waals surface area contributed by atoms with Crippen LogP contribution in [0.15, 0.2) is 0 Å². The second kappa shape index (κ2) is 46.1. The van der Waals surface area contributed by atoms with Crippen LogP contribution in [0.3, 0.4) is 0 Å². The number of carbonyl (C=O) groups is 2. The van der Waals surface area contributed by atoms with Crippen molar-refractivity contribution < 1.29 is 24.2 Å². The zero-order valence-corrected chi connectivity index (χ0v) is 40.4. The lowest BCUT2D eigenvalue weighted by Crippen LogP contribution is -2.35. The van der Waals surface area contributed by atoms with Gasteiger partial charge in [-0.15, -0.1) is 0 Å². The van der Waals surface area contributed by atoms with Crippen molar-refractivity contribution >= 4 is 29.3 Å². The van der Waals surface area contributed by atoms with E-state index in [1.165, 1.54) is 122 Å². The fourth-order valence-corrected chi connectivity index (χ4v) is 7.98. The van der Waals surface area contributed by atoms with Crippen LogP contribution in [0, 0.1) is 0 Å². The molecule has 0 radical (unpaired) electrons. The standard InChI is InChI=1S/C50H99N3O5S/c1-5-8-11-14-17-18-19-25-35-44-57-48(55)39-30-26-34-43-53(45-46(54)36-31-32-41-52-50(59)51-4)42-33-24-20-23-29-40-49(56)58-47(37-27-21-15-12-9-6-2)38-28-22-16-13-10-7-3/h46-47,54H,5-45H2,1-4H3,(H2,51,52,59). The largest absolute Gasteiger partial charge is 0.466 e. The summed E-state index contributed by atoms with van der Waals surface area (Å²) in [5.41, 5.74) is 0. The normalized spacial score (nSPS) is 12.0. The van der Waals surface area contributed by atoms with Gasteiger partial charge < -0.3 is 30.1 Å². The Morgan fingerprint density at radius 2 is 0.966 bits per heavy atom. The lowest BCUT2D eigenvalue weighted by molar-refractivity contribution is -0.150. The molecule has 0 bridgehead atoms. The van der Waals surface area contributed by atoms with Crippen LogP contribution >= 0.6 is 12.2 Å². The molecule has 0 aliphatic carbocycles. The van der Waals surface area contributed by atoms with E-state index in [0.717, 1.165) is 116 Å². The fraction of sp³-hybridized carbons (Fsp3) is 0.940. The van der Waals surface area contributed by atoms with E-state index in [1.807, 2.05) is 7.05 Å². The first-order valence-electron chi connectivity index (χ1n) is 25.6. The number of aliphatic hydroxyl groups excluding tert-OH is 1. The van der Waals surface area contributed by atoms with Crippen LogP contribution in [0.25, 0.3) is 0 Å². The molecule has 8 nitrogen and oxygen atoms in total. The molecule has 0 spiro atoms. The van der Waals surface area contributed by atoms with Crippen LogP contribution in [0.5, 0.6) is 0 Å². The van der Waals surface area contributed by atoms with Crippen molar-refractivity contribution in [2.24, 2.45) is 0 Å². The number of thiocarbonyl (C=S) groups is 1. The Hall–Kier alpha value is -1.45. The maximum absolute atomic E-state index is 12.9. The molecule has 0 aliphatic rings. The van der Waals surface area contributed by atoms with Gasteiger partial charge >= 0.3 is 11.9 Å². The summed E-state index contributed by atoms with van der Waals surface area (Å²) in [5.74, 6) is -0.0593. The van der Waals surface area contributed by atoms with Gasteiger partial charge in [0.15, 0.2) is 5.11 Å². The number of ether oxygens (including phenoxy) is 2. The maximum Gasteiger partial charge on any atom is 0.306 e. The average Bonchev–Trinajstić information content (AvgIpc) is 3.22. The molecule has 0 aromatic carbocycles. The fourth-order valence-electron chi connectivity index (χ4n) is 7.88. The van der Waals surface area contributed by atoms with Gasteiger partial charge in [-0.25, -0.2) is 0 Å². The molecular formula is C50H99N3O5S. The summed E-state index contributed by atoms with van der Waals surface area (Å²) in [6, 6.07) is 0. The van der Waals surface area contributed by atoms with Crippen molar-refractivity contribution in [1.82, 2.24) is 15.5 Å². The Morgan fingerprint density at radius 3 is 1.49 bits per heavy atom. The van der Waals surface area contributed by atoms with Crippen LogP contribution in [0.1, 0.15) is 252 Å². The quantitative estimate of drug-likeness (QED) is 0.0314. The summed E-state index contributed by atoms with van der Waals surface area (Å²) in [4.78, 5) is 27.6. The topological polar surface area (TPSA) is 100 Å². The number of esters is 2. The van der Waals surface area contributed by atoms with E-state index in [9.17, 15) is 14.7 Å².